The van der Waals surface area contributed by atoms with Crippen LogP contribution in [0.4, 0.5) is 0 Å². The number of aromatic nitrogens is 3. The lowest BCUT2D eigenvalue weighted by atomic mass is 10.1. The Hall–Kier alpha value is -2.60. The van der Waals surface area contributed by atoms with E-state index in [4.69, 9.17) is 12.2 Å². The maximum atomic E-state index is 11.9. The summed E-state index contributed by atoms with van der Waals surface area (Å²) in [6.45, 7) is 1.61. The van der Waals surface area contributed by atoms with Crippen molar-refractivity contribution >= 4 is 29.2 Å². The van der Waals surface area contributed by atoms with E-state index in [0.29, 0.717) is 5.69 Å². The summed E-state index contributed by atoms with van der Waals surface area (Å²) in [5.41, 5.74) is 0.888. The summed E-state index contributed by atoms with van der Waals surface area (Å²) in [7, 11) is 0. The van der Waals surface area contributed by atoms with E-state index in [1.807, 2.05) is 42.5 Å². The molecule has 3 aromatic rings. The van der Waals surface area contributed by atoms with Crippen LogP contribution < -0.4 is 5.56 Å². The molecule has 3 rings (SSSR count). The van der Waals surface area contributed by atoms with Gasteiger partial charge in [0.15, 0.2) is 0 Å². The van der Waals surface area contributed by atoms with Crippen LogP contribution in [0.2, 0.25) is 0 Å². The zero-order valence-electron chi connectivity index (χ0n) is 11.3. The third kappa shape index (κ3) is 2.66. The lowest BCUT2D eigenvalue weighted by Gasteiger charge is -2.00. The van der Waals surface area contributed by atoms with Crippen LogP contribution >= 0.6 is 12.2 Å². The van der Waals surface area contributed by atoms with Crippen molar-refractivity contribution in [2.24, 2.45) is 5.10 Å². The van der Waals surface area contributed by atoms with E-state index in [1.54, 1.807) is 13.1 Å². The van der Waals surface area contributed by atoms with Gasteiger partial charge in [-0.25, -0.2) is 0 Å². The zero-order chi connectivity index (χ0) is 14.8. The van der Waals surface area contributed by atoms with Gasteiger partial charge in [0.1, 0.15) is 5.69 Å². The monoisotopic (exact) mass is 296 g/mol. The van der Waals surface area contributed by atoms with Gasteiger partial charge in [-0.2, -0.15) is 14.9 Å². The van der Waals surface area contributed by atoms with Crippen molar-refractivity contribution in [2.75, 3.05) is 0 Å². The fourth-order valence-electron chi connectivity index (χ4n) is 1.99. The number of hydrogen-bond acceptors (Lipinski definition) is 4. The molecule has 6 heteroatoms. The van der Waals surface area contributed by atoms with Gasteiger partial charge in [0.25, 0.3) is 5.56 Å². The summed E-state index contributed by atoms with van der Waals surface area (Å²) in [5.74, 6) is 0. The Bertz CT molecular complexity index is 956. The van der Waals surface area contributed by atoms with Crippen LogP contribution in [0.3, 0.4) is 0 Å². The maximum Gasteiger partial charge on any atom is 0.296 e. The number of aryl methyl sites for hydroxylation is 1. The SMILES string of the molecule is Cc1n[nH]c(=S)n(/N=C\c2ccc3ccccc3c2)c1=O. The smallest absolute Gasteiger partial charge is 0.265 e. The lowest BCUT2D eigenvalue weighted by Crippen LogP contribution is -2.22. The van der Waals surface area contributed by atoms with Crippen LogP contribution in [0, 0.1) is 11.7 Å². The van der Waals surface area contributed by atoms with Crippen molar-refractivity contribution in [3.8, 4) is 0 Å². The molecule has 1 N–H and O–H groups in total. The molecule has 0 spiro atoms. The molecule has 104 valence electrons. The Balaban J connectivity index is 2.04. The van der Waals surface area contributed by atoms with Gasteiger partial charge in [-0.05, 0) is 41.5 Å². The van der Waals surface area contributed by atoms with Crippen LogP contribution in [-0.2, 0) is 0 Å². The second-order valence-electron chi connectivity index (χ2n) is 4.58. The third-order valence-corrected chi connectivity index (χ3v) is 3.37. The normalized spacial score (nSPS) is 11.3. The van der Waals surface area contributed by atoms with Crippen molar-refractivity contribution in [1.82, 2.24) is 14.9 Å². The van der Waals surface area contributed by atoms with E-state index < -0.39 is 0 Å². The number of fused-ring (bicyclic) bond motifs is 1. The predicted molar refractivity (Wildman–Crippen MR) is 85.4 cm³/mol. The predicted octanol–water partition coefficient (Wildman–Crippen LogP) is 2.64. The molecule has 1 heterocycles. The van der Waals surface area contributed by atoms with E-state index in [9.17, 15) is 4.79 Å². The summed E-state index contributed by atoms with van der Waals surface area (Å²) in [6, 6.07) is 14.0. The molecule has 0 saturated carbocycles. The van der Waals surface area contributed by atoms with Crippen LogP contribution in [0.25, 0.3) is 10.8 Å². The van der Waals surface area contributed by atoms with Gasteiger partial charge in [0.05, 0.1) is 6.21 Å². The number of benzene rings is 2. The molecule has 0 amide bonds. The largest absolute Gasteiger partial charge is 0.296 e. The molecule has 0 atom stereocenters. The van der Waals surface area contributed by atoms with Crippen LogP contribution in [-0.4, -0.2) is 21.1 Å². The first-order chi connectivity index (χ1) is 10.1. The van der Waals surface area contributed by atoms with E-state index in [0.717, 1.165) is 21.0 Å². The maximum absolute atomic E-state index is 11.9. The quantitative estimate of drug-likeness (QED) is 0.584. The van der Waals surface area contributed by atoms with Gasteiger partial charge in [-0.1, -0.05) is 36.4 Å². The average Bonchev–Trinajstić information content (AvgIpc) is 2.51. The Morgan fingerprint density at radius 3 is 2.81 bits per heavy atom. The highest BCUT2D eigenvalue weighted by Gasteiger charge is 2.01. The first-order valence-electron chi connectivity index (χ1n) is 6.36. The fourth-order valence-corrected chi connectivity index (χ4v) is 2.17. The summed E-state index contributed by atoms with van der Waals surface area (Å²) < 4.78 is 1.30. The Kier molecular flexibility index (Phi) is 3.45. The summed E-state index contributed by atoms with van der Waals surface area (Å²) in [6.07, 6.45) is 1.61. The Labute approximate surface area is 125 Å². The molecule has 0 aliphatic carbocycles. The number of nitrogens with zero attached hydrogens (tertiary/aromatic N) is 3. The topological polar surface area (TPSA) is 63.0 Å². The molecule has 0 unspecified atom stereocenters. The molecule has 0 aliphatic heterocycles. The lowest BCUT2D eigenvalue weighted by molar-refractivity contribution is 0.720. The second-order valence-corrected chi connectivity index (χ2v) is 4.97. The molecule has 5 nitrogen and oxygen atoms in total. The first kappa shape index (κ1) is 13.4. The average molecular weight is 296 g/mol. The van der Waals surface area contributed by atoms with Crippen LogP contribution in [0.1, 0.15) is 11.3 Å². The Morgan fingerprint density at radius 1 is 1.24 bits per heavy atom. The van der Waals surface area contributed by atoms with Crippen LogP contribution in [0.15, 0.2) is 52.4 Å². The number of rotatable bonds is 2. The van der Waals surface area contributed by atoms with Crippen LogP contribution in [0.5, 0.6) is 0 Å². The summed E-state index contributed by atoms with van der Waals surface area (Å²) in [5, 5.41) is 12.8. The fraction of sp³-hybridized carbons (Fsp3) is 0.0667. The minimum atomic E-state index is -0.323. The van der Waals surface area contributed by atoms with Gasteiger partial charge < -0.3 is 0 Å². The highest BCUT2D eigenvalue weighted by Crippen LogP contribution is 2.14. The van der Waals surface area contributed by atoms with E-state index >= 15 is 0 Å². The van der Waals surface area contributed by atoms with E-state index in [-0.39, 0.29) is 10.3 Å². The van der Waals surface area contributed by atoms with Crippen molar-refractivity contribution < 1.29 is 0 Å². The molecule has 0 radical (unpaired) electrons. The molecule has 0 saturated heterocycles. The molecular weight excluding hydrogens is 284 g/mol. The number of hydrogen-bond donors (Lipinski definition) is 1. The molecular formula is C15H12N4OS. The highest BCUT2D eigenvalue weighted by atomic mass is 32.1. The van der Waals surface area contributed by atoms with Crippen molar-refractivity contribution in [3.05, 3.63) is 68.8 Å². The molecule has 0 bridgehead atoms. The second kappa shape index (κ2) is 5.41. The minimum Gasteiger partial charge on any atom is -0.265 e. The van der Waals surface area contributed by atoms with Crippen molar-refractivity contribution in [2.45, 2.75) is 6.92 Å². The molecule has 2 aromatic carbocycles. The third-order valence-electron chi connectivity index (χ3n) is 3.11. The molecule has 0 aliphatic rings. The zero-order valence-corrected chi connectivity index (χ0v) is 12.1. The highest BCUT2D eigenvalue weighted by molar-refractivity contribution is 7.71. The standard InChI is InChI=1S/C15H12N4OS/c1-10-14(20)19(15(21)18-17-10)16-9-11-6-7-12-4-2-3-5-13(12)8-11/h2-9H,1H3,(H,18,21)/b16-9-. The first-order valence-corrected chi connectivity index (χ1v) is 6.77. The Morgan fingerprint density at radius 2 is 2.00 bits per heavy atom. The summed E-state index contributed by atoms with van der Waals surface area (Å²) >= 11 is 5.02. The van der Waals surface area contributed by atoms with Gasteiger partial charge in [-0.15, -0.1) is 0 Å². The van der Waals surface area contributed by atoms with E-state index in [2.05, 4.69) is 15.3 Å². The molecule has 1 aromatic heterocycles. The minimum absolute atomic E-state index is 0.169. The van der Waals surface area contributed by atoms with E-state index in [1.165, 1.54) is 0 Å². The van der Waals surface area contributed by atoms with Gasteiger partial charge in [0.2, 0.25) is 4.77 Å². The number of H-pyrrole nitrogens is 1. The molecule has 21 heavy (non-hydrogen) atoms. The van der Waals surface area contributed by atoms with Crippen molar-refractivity contribution in [3.63, 3.8) is 0 Å². The van der Waals surface area contributed by atoms with Crippen molar-refractivity contribution in [1.29, 1.82) is 0 Å². The molecule has 0 fully saturated rings. The van der Waals surface area contributed by atoms with Gasteiger partial charge in [0, 0.05) is 0 Å². The number of nitrogens with one attached hydrogen (secondary N) is 1. The van der Waals surface area contributed by atoms with Gasteiger partial charge >= 0.3 is 0 Å². The summed E-state index contributed by atoms with van der Waals surface area (Å²) in [4.78, 5) is 11.9. The van der Waals surface area contributed by atoms with Gasteiger partial charge in [-0.3, -0.25) is 9.89 Å². The number of aromatic amines is 1.